The number of aromatic carboxylic acids is 1. The molecule has 4 rings (SSSR count). The van der Waals surface area contributed by atoms with Crippen LogP contribution in [0.2, 0.25) is 0 Å². The fourth-order valence-electron chi connectivity index (χ4n) is 4.01. The van der Waals surface area contributed by atoms with E-state index >= 15 is 0 Å². The number of carbonyl (C=O) groups is 2. The molecule has 0 spiro atoms. The predicted octanol–water partition coefficient (Wildman–Crippen LogP) is 3.63. The number of para-hydroxylation sites is 1. The number of carbonyl (C=O) groups excluding carboxylic acids is 1. The maximum atomic E-state index is 12.4. The van der Waals surface area contributed by atoms with Gasteiger partial charge in [0.25, 0.3) is 0 Å². The first kappa shape index (κ1) is 21.9. The first-order chi connectivity index (χ1) is 15.0. The summed E-state index contributed by atoms with van der Waals surface area (Å²) in [5, 5.41) is 15.4. The summed E-state index contributed by atoms with van der Waals surface area (Å²) < 4.78 is 0.728. The summed E-state index contributed by atoms with van der Waals surface area (Å²) in [5.74, 6) is -0.104. The Bertz CT molecular complexity index is 1060. The summed E-state index contributed by atoms with van der Waals surface area (Å²) in [4.78, 5) is 32.7. The van der Waals surface area contributed by atoms with Crippen LogP contribution in [0.4, 0.5) is 0 Å². The maximum Gasteiger partial charge on any atom is 0.355 e. The molecule has 1 aromatic carbocycles. The van der Waals surface area contributed by atoms with Crippen molar-refractivity contribution in [2.24, 2.45) is 0 Å². The average Bonchev–Trinajstić information content (AvgIpc) is 3.47. The van der Waals surface area contributed by atoms with Gasteiger partial charge in [-0.1, -0.05) is 30.0 Å². The van der Waals surface area contributed by atoms with E-state index in [1.54, 1.807) is 5.38 Å². The molecule has 164 valence electrons. The lowest BCUT2D eigenvalue weighted by atomic mass is 10.1. The van der Waals surface area contributed by atoms with Gasteiger partial charge in [-0.3, -0.25) is 4.79 Å². The van der Waals surface area contributed by atoms with Crippen LogP contribution in [0.25, 0.3) is 10.9 Å². The zero-order valence-electron chi connectivity index (χ0n) is 17.3. The van der Waals surface area contributed by atoms with E-state index in [4.69, 9.17) is 5.11 Å². The van der Waals surface area contributed by atoms with E-state index in [-0.39, 0.29) is 17.6 Å². The molecule has 1 unspecified atom stereocenters. The van der Waals surface area contributed by atoms with Crippen molar-refractivity contribution in [2.45, 2.75) is 42.6 Å². The normalized spacial score (nSPS) is 17.5. The Labute approximate surface area is 189 Å². The second-order valence-corrected chi connectivity index (χ2v) is 10.0. The number of hydrogen-bond acceptors (Lipinski definition) is 6. The monoisotopic (exact) mass is 458 g/mol. The Morgan fingerprint density at radius 1 is 1.45 bits per heavy atom. The van der Waals surface area contributed by atoms with Gasteiger partial charge in [-0.15, -0.1) is 11.3 Å². The van der Waals surface area contributed by atoms with Gasteiger partial charge in [0.05, 0.1) is 0 Å². The van der Waals surface area contributed by atoms with E-state index in [2.05, 4.69) is 46.6 Å². The number of aromatic nitrogens is 2. The predicted molar refractivity (Wildman–Crippen MR) is 124 cm³/mol. The van der Waals surface area contributed by atoms with Crippen LogP contribution >= 0.6 is 23.1 Å². The summed E-state index contributed by atoms with van der Waals surface area (Å²) in [6.07, 6.45) is 4.47. The molecule has 1 aliphatic heterocycles. The van der Waals surface area contributed by atoms with Gasteiger partial charge in [0.1, 0.15) is 0 Å². The second kappa shape index (κ2) is 9.84. The molecule has 3 N–H and O–H groups in total. The fraction of sp³-hybridized carbons (Fsp3) is 0.409. The van der Waals surface area contributed by atoms with E-state index in [0.717, 1.165) is 29.2 Å². The molecule has 7 nitrogen and oxygen atoms in total. The third kappa shape index (κ3) is 5.28. The van der Waals surface area contributed by atoms with Crippen molar-refractivity contribution in [1.82, 2.24) is 20.2 Å². The number of amides is 1. The molecular formula is C22H26N4O3S2. The van der Waals surface area contributed by atoms with Gasteiger partial charge >= 0.3 is 5.97 Å². The standard InChI is InChI=1S/C22H26N4O3S2/c1-14(10-15-11-24-18-5-3-2-4-17(15)18)23-12-16-6-7-20(27)26(16)8-9-30-22-25-19(13-31-22)21(28)29/h2-5,11,13-14,16,23-24H,6-10,12H2,1H3,(H,28,29)/t14?,16-/m1/s1. The first-order valence-corrected chi connectivity index (χ1v) is 12.3. The van der Waals surface area contributed by atoms with Crippen LogP contribution in [0.5, 0.6) is 0 Å². The number of H-pyrrole nitrogens is 1. The van der Waals surface area contributed by atoms with Crippen LogP contribution < -0.4 is 5.32 Å². The molecule has 0 saturated carbocycles. The molecule has 0 bridgehead atoms. The molecule has 1 fully saturated rings. The summed E-state index contributed by atoms with van der Waals surface area (Å²) >= 11 is 2.84. The van der Waals surface area contributed by atoms with E-state index in [9.17, 15) is 9.59 Å². The third-order valence-electron chi connectivity index (χ3n) is 5.62. The largest absolute Gasteiger partial charge is 0.476 e. The minimum absolute atomic E-state index is 0.0796. The number of benzene rings is 1. The maximum absolute atomic E-state index is 12.4. The van der Waals surface area contributed by atoms with Crippen molar-refractivity contribution in [1.29, 1.82) is 0 Å². The van der Waals surface area contributed by atoms with E-state index < -0.39 is 5.97 Å². The van der Waals surface area contributed by atoms with Gasteiger partial charge in [0, 0.05) is 59.8 Å². The number of thiazole rings is 1. The fourth-order valence-corrected chi connectivity index (χ4v) is 5.81. The smallest absolute Gasteiger partial charge is 0.355 e. The summed E-state index contributed by atoms with van der Waals surface area (Å²) in [5.41, 5.74) is 2.54. The number of carboxylic acid groups (broad SMARTS) is 1. The summed E-state index contributed by atoms with van der Waals surface area (Å²) in [7, 11) is 0. The molecule has 2 atom stereocenters. The van der Waals surface area contributed by atoms with Gasteiger partial charge in [0.15, 0.2) is 10.0 Å². The van der Waals surface area contributed by atoms with Crippen molar-refractivity contribution in [2.75, 3.05) is 18.8 Å². The number of likely N-dealkylation sites (tertiary alicyclic amines) is 1. The molecule has 0 aliphatic carbocycles. The Morgan fingerprint density at radius 3 is 3.10 bits per heavy atom. The van der Waals surface area contributed by atoms with Crippen LogP contribution in [0.15, 0.2) is 40.2 Å². The Hall–Kier alpha value is -2.36. The van der Waals surface area contributed by atoms with Crippen LogP contribution in [-0.2, 0) is 11.2 Å². The number of nitrogens with one attached hydrogen (secondary N) is 2. The number of carboxylic acids is 1. The Morgan fingerprint density at radius 2 is 2.29 bits per heavy atom. The molecule has 0 radical (unpaired) electrons. The zero-order chi connectivity index (χ0) is 21.8. The van der Waals surface area contributed by atoms with Crippen molar-refractivity contribution in [3.63, 3.8) is 0 Å². The SMILES string of the molecule is CC(Cc1c[nH]c2ccccc12)NC[C@H]1CCC(=O)N1CCSc1nc(C(=O)O)cs1. The van der Waals surface area contributed by atoms with Gasteiger partial charge < -0.3 is 20.3 Å². The molecule has 1 aliphatic rings. The minimum atomic E-state index is -1.01. The highest BCUT2D eigenvalue weighted by Crippen LogP contribution is 2.25. The van der Waals surface area contributed by atoms with Gasteiger partial charge in [-0.25, -0.2) is 9.78 Å². The molecule has 3 heterocycles. The number of nitrogens with zero attached hydrogens (tertiary/aromatic N) is 2. The summed E-state index contributed by atoms with van der Waals surface area (Å²) in [6.45, 7) is 3.61. The second-order valence-electron chi connectivity index (χ2n) is 7.80. The lowest BCUT2D eigenvalue weighted by molar-refractivity contribution is -0.128. The highest BCUT2D eigenvalue weighted by atomic mass is 32.2. The lowest BCUT2D eigenvalue weighted by Gasteiger charge is -2.26. The van der Waals surface area contributed by atoms with Crippen LogP contribution in [-0.4, -0.2) is 62.8 Å². The number of rotatable bonds is 10. The average molecular weight is 459 g/mol. The van der Waals surface area contributed by atoms with Crippen molar-refractivity contribution in [3.8, 4) is 0 Å². The van der Waals surface area contributed by atoms with E-state index in [1.165, 1.54) is 34.0 Å². The number of aromatic amines is 1. The molecule has 3 aromatic rings. The molecule has 31 heavy (non-hydrogen) atoms. The summed E-state index contributed by atoms with van der Waals surface area (Å²) in [6, 6.07) is 8.83. The van der Waals surface area contributed by atoms with Crippen LogP contribution in [0.3, 0.4) is 0 Å². The highest BCUT2D eigenvalue weighted by molar-refractivity contribution is 8.01. The first-order valence-electron chi connectivity index (χ1n) is 10.4. The molecule has 2 aromatic heterocycles. The van der Waals surface area contributed by atoms with Crippen molar-refractivity contribution in [3.05, 3.63) is 47.1 Å². The van der Waals surface area contributed by atoms with Crippen molar-refractivity contribution >= 4 is 45.9 Å². The highest BCUT2D eigenvalue weighted by Gasteiger charge is 2.30. The molecule has 9 heteroatoms. The minimum Gasteiger partial charge on any atom is -0.476 e. The molecular weight excluding hydrogens is 432 g/mol. The third-order valence-corrected chi connectivity index (χ3v) is 7.62. The number of fused-ring (bicyclic) bond motifs is 1. The number of hydrogen-bond donors (Lipinski definition) is 3. The lowest BCUT2D eigenvalue weighted by Crippen LogP contribution is -2.43. The van der Waals surface area contributed by atoms with Gasteiger partial charge in [-0.05, 0) is 31.4 Å². The van der Waals surface area contributed by atoms with Gasteiger partial charge in [0.2, 0.25) is 5.91 Å². The van der Waals surface area contributed by atoms with Crippen molar-refractivity contribution < 1.29 is 14.7 Å². The van der Waals surface area contributed by atoms with Gasteiger partial charge in [-0.2, -0.15) is 0 Å². The molecule has 1 amide bonds. The topological polar surface area (TPSA) is 98.3 Å². The Kier molecular flexibility index (Phi) is 6.94. The van der Waals surface area contributed by atoms with E-state index in [0.29, 0.717) is 24.8 Å². The van der Waals surface area contributed by atoms with Crippen LogP contribution in [0, 0.1) is 0 Å². The Balaban J connectivity index is 1.26. The number of thioether (sulfide) groups is 1. The van der Waals surface area contributed by atoms with Crippen LogP contribution in [0.1, 0.15) is 35.8 Å². The van der Waals surface area contributed by atoms with E-state index in [1.807, 2.05) is 11.0 Å². The zero-order valence-corrected chi connectivity index (χ0v) is 19.0. The molecule has 1 saturated heterocycles. The quantitative estimate of drug-likeness (QED) is 0.402.